The number of hydrogen-bond donors (Lipinski definition) is 2. The molecule has 0 heterocycles. The van der Waals surface area contributed by atoms with Crippen molar-refractivity contribution in [3.63, 3.8) is 0 Å². The Balaban J connectivity index is 0.00000338. The molecule has 1 atom stereocenters. The second-order valence-electron chi connectivity index (χ2n) is 7.21. The maximum absolute atomic E-state index is 11.9. The number of halogens is 1. The predicted molar refractivity (Wildman–Crippen MR) is 109 cm³/mol. The summed E-state index contributed by atoms with van der Waals surface area (Å²) in [6.45, 7) is 8.68. The van der Waals surface area contributed by atoms with E-state index in [0.29, 0.717) is 6.54 Å². The second-order valence-corrected chi connectivity index (χ2v) is 7.21. The van der Waals surface area contributed by atoms with Gasteiger partial charge in [0.05, 0.1) is 0 Å². The van der Waals surface area contributed by atoms with Gasteiger partial charge >= 0.3 is 0 Å². The summed E-state index contributed by atoms with van der Waals surface area (Å²) in [5.74, 6) is 0.618. The monoisotopic (exact) mass is 376 g/mol. The minimum absolute atomic E-state index is 0. The van der Waals surface area contributed by atoms with Crippen LogP contribution in [0.25, 0.3) is 0 Å². The topological polar surface area (TPSA) is 50.4 Å². The van der Waals surface area contributed by atoms with E-state index in [9.17, 15) is 4.79 Å². The van der Waals surface area contributed by atoms with Gasteiger partial charge in [0.15, 0.2) is 6.61 Å². The van der Waals surface area contributed by atoms with Crippen molar-refractivity contribution in [3.05, 3.63) is 65.7 Å². The molecule has 0 saturated carbocycles. The third-order valence-electron chi connectivity index (χ3n) is 3.74. The molecule has 0 aliphatic carbocycles. The molecule has 0 fully saturated rings. The van der Waals surface area contributed by atoms with Gasteiger partial charge in [-0.15, -0.1) is 12.4 Å². The van der Waals surface area contributed by atoms with Gasteiger partial charge < -0.3 is 15.4 Å². The standard InChI is InChI=1S/C21H28N2O2.ClH/c1-16(17-10-6-5-7-11-17)22-14-18-12-8-9-13-19(18)25-15-20(24)23-21(2,3)4;/h5-13,16,22H,14-15H2,1-4H3,(H,23,24);1H. The van der Waals surface area contributed by atoms with Gasteiger partial charge in [0.25, 0.3) is 5.91 Å². The van der Waals surface area contributed by atoms with Gasteiger partial charge in [-0.2, -0.15) is 0 Å². The minimum Gasteiger partial charge on any atom is -0.483 e. The summed E-state index contributed by atoms with van der Waals surface area (Å²) in [5, 5.41) is 6.40. The molecule has 2 rings (SSSR count). The zero-order valence-corrected chi connectivity index (χ0v) is 16.7. The van der Waals surface area contributed by atoms with Crippen molar-refractivity contribution in [3.8, 4) is 5.75 Å². The molecule has 0 spiro atoms. The summed E-state index contributed by atoms with van der Waals surface area (Å²) in [7, 11) is 0. The molecule has 0 bridgehead atoms. The normalized spacial score (nSPS) is 12.0. The van der Waals surface area contributed by atoms with Crippen LogP contribution in [0.3, 0.4) is 0 Å². The van der Waals surface area contributed by atoms with Crippen LogP contribution in [0, 0.1) is 0 Å². The van der Waals surface area contributed by atoms with Crippen LogP contribution in [0.15, 0.2) is 54.6 Å². The number of carbonyl (C=O) groups is 1. The molecule has 1 unspecified atom stereocenters. The molecular formula is C21H29ClN2O2. The summed E-state index contributed by atoms with van der Waals surface area (Å²) in [6.07, 6.45) is 0. The first kappa shape index (κ1) is 22.0. The third-order valence-corrected chi connectivity index (χ3v) is 3.74. The zero-order valence-electron chi connectivity index (χ0n) is 15.9. The number of carbonyl (C=O) groups excluding carboxylic acids is 1. The summed E-state index contributed by atoms with van der Waals surface area (Å²) in [5.41, 5.74) is 2.02. The molecule has 142 valence electrons. The molecule has 0 aromatic heterocycles. The van der Waals surface area contributed by atoms with Gasteiger partial charge in [0.1, 0.15) is 5.75 Å². The molecule has 2 N–H and O–H groups in total. The van der Waals surface area contributed by atoms with E-state index >= 15 is 0 Å². The fourth-order valence-electron chi connectivity index (χ4n) is 2.51. The molecule has 0 radical (unpaired) electrons. The van der Waals surface area contributed by atoms with Crippen LogP contribution in [0.4, 0.5) is 0 Å². The van der Waals surface area contributed by atoms with Gasteiger partial charge in [0.2, 0.25) is 0 Å². The van der Waals surface area contributed by atoms with Crippen molar-refractivity contribution < 1.29 is 9.53 Å². The van der Waals surface area contributed by atoms with Crippen LogP contribution in [0.1, 0.15) is 44.9 Å². The number of amides is 1. The Kier molecular flexibility index (Phi) is 8.62. The number of para-hydroxylation sites is 1. The van der Waals surface area contributed by atoms with Crippen LogP contribution in [0.2, 0.25) is 0 Å². The van der Waals surface area contributed by atoms with Gasteiger partial charge in [-0.05, 0) is 39.3 Å². The van der Waals surface area contributed by atoms with E-state index < -0.39 is 0 Å². The van der Waals surface area contributed by atoms with E-state index in [-0.39, 0.29) is 36.5 Å². The number of rotatable bonds is 7. The number of benzene rings is 2. The van der Waals surface area contributed by atoms with Crippen molar-refractivity contribution >= 4 is 18.3 Å². The SMILES string of the molecule is CC(NCc1ccccc1OCC(=O)NC(C)(C)C)c1ccccc1.Cl. The highest BCUT2D eigenvalue weighted by Crippen LogP contribution is 2.19. The first-order valence-electron chi connectivity index (χ1n) is 8.65. The zero-order chi connectivity index (χ0) is 18.3. The molecule has 26 heavy (non-hydrogen) atoms. The van der Waals surface area contributed by atoms with Gasteiger partial charge in [-0.3, -0.25) is 4.79 Å². The van der Waals surface area contributed by atoms with Crippen molar-refractivity contribution in [1.29, 1.82) is 0 Å². The highest BCUT2D eigenvalue weighted by atomic mass is 35.5. The fraction of sp³-hybridized carbons (Fsp3) is 0.381. The lowest BCUT2D eigenvalue weighted by molar-refractivity contribution is -0.124. The summed E-state index contributed by atoms with van der Waals surface area (Å²) in [6, 6.07) is 18.4. The minimum atomic E-state index is -0.257. The van der Waals surface area contributed by atoms with Gasteiger partial charge in [-0.25, -0.2) is 0 Å². The van der Waals surface area contributed by atoms with Gasteiger partial charge in [-0.1, -0.05) is 48.5 Å². The van der Waals surface area contributed by atoms with Crippen molar-refractivity contribution in [2.24, 2.45) is 0 Å². The first-order chi connectivity index (χ1) is 11.8. The molecule has 0 saturated heterocycles. The summed E-state index contributed by atoms with van der Waals surface area (Å²) < 4.78 is 5.73. The third kappa shape index (κ3) is 7.46. The van der Waals surface area contributed by atoms with E-state index in [1.165, 1.54) is 5.56 Å². The maximum atomic E-state index is 11.9. The van der Waals surface area contributed by atoms with E-state index in [1.54, 1.807) is 0 Å². The fourth-order valence-corrected chi connectivity index (χ4v) is 2.51. The van der Waals surface area contributed by atoms with Crippen LogP contribution in [-0.4, -0.2) is 18.1 Å². The van der Waals surface area contributed by atoms with E-state index in [2.05, 4.69) is 29.7 Å². The van der Waals surface area contributed by atoms with Crippen LogP contribution in [0.5, 0.6) is 5.75 Å². The highest BCUT2D eigenvalue weighted by Gasteiger charge is 2.14. The molecule has 4 nitrogen and oxygen atoms in total. The molecule has 2 aromatic carbocycles. The molecule has 1 amide bonds. The smallest absolute Gasteiger partial charge is 0.258 e. The predicted octanol–water partition coefficient (Wildman–Crippen LogP) is 4.25. The first-order valence-corrected chi connectivity index (χ1v) is 8.65. The van der Waals surface area contributed by atoms with Gasteiger partial charge in [0, 0.05) is 23.7 Å². The molecule has 5 heteroatoms. The lowest BCUT2D eigenvalue weighted by Gasteiger charge is -2.21. The second kappa shape index (κ2) is 10.2. The Morgan fingerprint density at radius 2 is 1.65 bits per heavy atom. The number of nitrogens with one attached hydrogen (secondary N) is 2. The van der Waals surface area contributed by atoms with Crippen molar-refractivity contribution in [2.45, 2.75) is 45.8 Å². The highest BCUT2D eigenvalue weighted by molar-refractivity contribution is 5.85. The van der Waals surface area contributed by atoms with Crippen LogP contribution >= 0.6 is 12.4 Å². The number of ether oxygens (including phenoxy) is 1. The van der Waals surface area contributed by atoms with Crippen LogP contribution in [-0.2, 0) is 11.3 Å². The Hall–Kier alpha value is -2.04. The summed E-state index contributed by atoms with van der Waals surface area (Å²) >= 11 is 0. The summed E-state index contributed by atoms with van der Waals surface area (Å²) in [4.78, 5) is 11.9. The Bertz CT molecular complexity index is 684. The van der Waals surface area contributed by atoms with E-state index in [1.807, 2.05) is 63.2 Å². The van der Waals surface area contributed by atoms with Crippen LogP contribution < -0.4 is 15.4 Å². The molecule has 0 aliphatic heterocycles. The molecule has 0 aliphatic rings. The maximum Gasteiger partial charge on any atom is 0.258 e. The lowest BCUT2D eigenvalue weighted by Crippen LogP contribution is -2.43. The Morgan fingerprint density at radius 3 is 2.31 bits per heavy atom. The van der Waals surface area contributed by atoms with Crippen molar-refractivity contribution in [2.75, 3.05) is 6.61 Å². The average Bonchev–Trinajstić information content (AvgIpc) is 2.58. The van der Waals surface area contributed by atoms with Crippen molar-refractivity contribution in [1.82, 2.24) is 10.6 Å². The Labute approximate surface area is 162 Å². The lowest BCUT2D eigenvalue weighted by atomic mass is 10.1. The molecule has 2 aromatic rings. The Morgan fingerprint density at radius 1 is 1.04 bits per heavy atom. The average molecular weight is 377 g/mol. The largest absolute Gasteiger partial charge is 0.483 e. The molecular weight excluding hydrogens is 348 g/mol. The number of hydrogen-bond acceptors (Lipinski definition) is 3. The quantitative estimate of drug-likeness (QED) is 0.759. The van der Waals surface area contributed by atoms with E-state index in [0.717, 1.165) is 11.3 Å². The van der Waals surface area contributed by atoms with E-state index in [4.69, 9.17) is 4.74 Å².